The molecule has 0 fully saturated rings. The highest BCUT2D eigenvalue weighted by molar-refractivity contribution is 9.10. The van der Waals surface area contributed by atoms with E-state index in [4.69, 9.17) is 161 Å². The lowest BCUT2D eigenvalue weighted by Crippen LogP contribution is -2.55. The zero-order valence-corrected chi connectivity index (χ0v) is 116. The molecule has 0 rings (SSSR count). The number of rotatable bonds is 96. The van der Waals surface area contributed by atoms with Gasteiger partial charge in [-0.25, -0.2) is 0 Å². The van der Waals surface area contributed by atoms with Gasteiger partial charge in [0.2, 0.25) is 72.3 Å². The monoisotopic (exact) mass is 2690 g/mol. The molecule has 0 aromatic rings. The standard InChI is InChI=1S/C105H211Br8O17PS2Si8/c1-74(50-82(9)66-123-34-26-42-134(18)115)58-91(106)90(17)99(92(107)59-75(2)51-83(10)67-124-35-27-43-135(19)116)100(93(108)60-76(3)52-84(11)68-125-36-28-44-136(20)117)101(94(109)61-77(4)53-85(12)69-126-37-29-45-137(21)118)102(95(110)62-78(5)54-86(13)70-127-38-30-46-138(22)119)103(96(111)63-79(6)55-87(14)71-128-39-31-47-139(23)120)104(97(112)64-80(7)56-88(15)72-129-40-32-48-140(24)121)105(131(114)133-132)98(113)65-81(8)57-89(16)73-130-41-33-49-141(25)122/h74-105,115-122H,26-73H2,1-25H3. The Kier molecular flexibility index (Phi) is 91.9. The Morgan fingerprint density at radius 1 is 0.220 bits per heavy atom. The number of alkyl halides is 8. The van der Waals surface area contributed by atoms with Crippen molar-refractivity contribution in [2.75, 3.05) is 106 Å². The maximum atomic E-state index is 17.1. The van der Waals surface area contributed by atoms with Crippen LogP contribution in [0.2, 0.25) is 101 Å². The van der Waals surface area contributed by atoms with E-state index < -0.39 is 84.9 Å². The van der Waals surface area contributed by atoms with Crippen molar-refractivity contribution in [1.29, 1.82) is 0 Å². The Morgan fingerprint density at radius 3 is 0.532 bits per heavy atom. The molecular weight excluding hydrogens is 2490 g/mol. The van der Waals surface area contributed by atoms with Crippen LogP contribution in [-0.4, -0.2) is 261 Å². The van der Waals surface area contributed by atoms with Crippen molar-refractivity contribution in [1.82, 2.24) is 0 Å². The molecule has 0 heterocycles. The topological polar surface area (TPSA) is 259 Å². The Hall–Kier alpha value is 5.64. The van der Waals surface area contributed by atoms with Crippen LogP contribution in [0.4, 0.5) is 0 Å². The number of hydrogen-bond acceptors (Lipinski definition) is 18. The largest absolute Gasteiger partial charge is 0.619 e. The summed E-state index contributed by atoms with van der Waals surface area (Å²) in [5.41, 5.74) is -0.429. The van der Waals surface area contributed by atoms with E-state index in [-0.39, 0.29) is 151 Å². The number of halogens is 8. The highest BCUT2D eigenvalue weighted by Crippen LogP contribution is 2.59. The van der Waals surface area contributed by atoms with Crippen molar-refractivity contribution in [2.24, 2.45) is 136 Å². The van der Waals surface area contributed by atoms with Crippen LogP contribution in [0.5, 0.6) is 0 Å². The first-order valence-electron chi connectivity index (χ1n) is 54.9. The van der Waals surface area contributed by atoms with Crippen LogP contribution in [0.15, 0.2) is 0 Å². The molecule has 8 radical (unpaired) electrons. The molecule has 17 nitrogen and oxygen atoms in total. The third-order valence-electron chi connectivity index (χ3n) is 28.3. The molecule has 36 heteroatoms. The molecule has 0 aliphatic carbocycles. The SMILES string of the molecule is CC(COCCC[Si](C)O)CC(C)CC(Br)C(C)C(C(Br)CC(C)CC(C)COCCC[Si](C)O)C(C(Br)CC(C)CC(C)COCCC[Si](C)O)C(C(Br)CC(C)CC(C)COCCC[Si](C)O)C(C(Br)CC(C)CC(C)COCCC[Si](C)O)C(C(Br)CC(C)CC(C)COCCC[Si](C)O)C(C(Br)CC(C)CC(C)COCCC[Si](C)O)C(C(Br)CC(C)CC(C)COCCC[Si](C)O)[P+]([O-])=S=S. The summed E-state index contributed by atoms with van der Waals surface area (Å²) in [5.74, 6) is 3.58. The average molecular weight is 2700 g/mol. The molecule has 33 atom stereocenters. The van der Waals surface area contributed by atoms with Gasteiger partial charge in [0.1, 0.15) is 22.1 Å². The van der Waals surface area contributed by atoms with Gasteiger partial charge in [-0.05, 0) is 385 Å². The second-order valence-electron chi connectivity index (χ2n) is 46.1. The lowest BCUT2D eigenvalue weighted by molar-refractivity contribution is -0.155. The minimum Gasteiger partial charge on any atom is -0.619 e. The Balaban J connectivity index is 11.3. The Morgan fingerprint density at radius 2 is 0.362 bits per heavy atom. The summed E-state index contributed by atoms with van der Waals surface area (Å²) in [6.07, 6.45) is 21.3. The number of hydrogen-bond donors (Lipinski definition) is 8. The zero-order valence-electron chi connectivity index (χ0n) is 93.0. The van der Waals surface area contributed by atoms with Crippen molar-refractivity contribution >= 4 is 227 Å². The van der Waals surface area contributed by atoms with Gasteiger partial charge in [-0.1, -0.05) is 245 Å². The smallest absolute Gasteiger partial charge is 0.203 e. The van der Waals surface area contributed by atoms with E-state index in [1.165, 1.54) is 0 Å². The van der Waals surface area contributed by atoms with Crippen LogP contribution in [0.1, 0.15) is 272 Å². The molecule has 0 spiro atoms. The van der Waals surface area contributed by atoms with Gasteiger partial charge in [0.15, 0.2) is 0 Å². The molecule has 0 aromatic carbocycles. The molecule has 33 unspecified atom stereocenters. The van der Waals surface area contributed by atoms with Gasteiger partial charge in [-0.15, -0.1) is 0 Å². The summed E-state index contributed by atoms with van der Waals surface area (Å²) in [6, 6.07) is 6.41. The van der Waals surface area contributed by atoms with E-state index in [1.807, 2.05) is 52.4 Å². The molecule has 0 aliphatic rings. The van der Waals surface area contributed by atoms with Gasteiger partial charge in [0.05, 0.1) is 4.83 Å². The maximum absolute atomic E-state index is 17.1. The van der Waals surface area contributed by atoms with Crippen molar-refractivity contribution in [3.63, 3.8) is 0 Å². The van der Waals surface area contributed by atoms with Gasteiger partial charge in [0, 0.05) is 157 Å². The van der Waals surface area contributed by atoms with Crippen LogP contribution >= 0.6 is 134 Å². The van der Waals surface area contributed by atoms with Crippen LogP contribution in [0.25, 0.3) is 0 Å². The van der Waals surface area contributed by atoms with Gasteiger partial charge < -0.3 is 81.2 Å². The van der Waals surface area contributed by atoms with E-state index in [0.717, 1.165) is 212 Å². The van der Waals surface area contributed by atoms with Crippen LogP contribution in [-0.2, 0) is 58.6 Å². The van der Waals surface area contributed by atoms with E-state index >= 15 is 4.89 Å². The van der Waals surface area contributed by atoms with Crippen LogP contribution in [0, 0.1) is 136 Å². The summed E-state index contributed by atoms with van der Waals surface area (Å²) in [5, 5.41) is 0. The second kappa shape index (κ2) is 88.4. The summed E-state index contributed by atoms with van der Waals surface area (Å²) in [6.45, 7) is 64.8. The van der Waals surface area contributed by atoms with E-state index in [0.29, 0.717) is 129 Å². The molecule has 0 amide bonds. The van der Waals surface area contributed by atoms with E-state index in [9.17, 15) is 38.4 Å². The fourth-order valence-electron chi connectivity index (χ4n) is 22.3. The van der Waals surface area contributed by atoms with Crippen molar-refractivity contribution < 1.29 is 81.2 Å². The van der Waals surface area contributed by atoms with E-state index in [2.05, 4.69) is 134 Å². The minimum absolute atomic E-state index is 0.0182. The maximum Gasteiger partial charge on any atom is 0.203 e. The molecular formula is C105H211Br8O17PS2Si8. The van der Waals surface area contributed by atoms with E-state index in [1.54, 1.807) is 0 Å². The third kappa shape index (κ3) is 75.4. The van der Waals surface area contributed by atoms with Gasteiger partial charge in [-0.3, -0.25) is 0 Å². The average Bonchev–Trinajstić information content (AvgIpc) is 0.748. The predicted molar refractivity (Wildman–Crippen MR) is 650 cm³/mol. The van der Waals surface area contributed by atoms with Gasteiger partial charge in [-0.2, -0.15) is 0 Å². The minimum atomic E-state index is -2.17. The van der Waals surface area contributed by atoms with Crippen molar-refractivity contribution in [3.05, 3.63) is 0 Å². The molecule has 0 aliphatic heterocycles. The molecule has 0 saturated carbocycles. The highest BCUT2D eigenvalue weighted by Gasteiger charge is 2.57. The fraction of sp³-hybridized carbons (Fsp3) is 1.00. The molecule has 0 bridgehead atoms. The third-order valence-corrected chi connectivity index (χ3v) is 49.2. The number of ether oxygens (including phenoxy) is 8. The summed E-state index contributed by atoms with van der Waals surface area (Å²) < 4.78 is 52.1. The highest BCUT2D eigenvalue weighted by atomic mass is 79.9. The summed E-state index contributed by atoms with van der Waals surface area (Å²) >= 11 is 46.1. The first-order valence-corrected chi connectivity index (χ1v) is 83.2. The van der Waals surface area contributed by atoms with Gasteiger partial charge in [0.25, 0.3) is 0 Å². The Bertz CT molecular complexity index is 2980. The fourth-order valence-corrected chi connectivity index (χ4v) is 42.2. The normalized spacial score (nSPS) is 19.8. The first-order chi connectivity index (χ1) is 66.3. The van der Waals surface area contributed by atoms with Crippen molar-refractivity contribution in [2.45, 2.75) is 417 Å². The van der Waals surface area contributed by atoms with Crippen molar-refractivity contribution in [3.8, 4) is 0 Å². The molecule has 0 saturated heterocycles. The molecule has 0 aromatic heterocycles. The lowest BCUT2D eigenvalue weighted by Gasteiger charge is -2.54. The first kappa shape index (κ1) is 147. The lowest BCUT2D eigenvalue weighted by atomic mass is 9.58. The summed E-state index contributed by atoms with van der Waals surface area (Å²) in [4.78, 5) is 99.6. The Labute approximate surface area is 957 Å². The van der Waals surface area contributed by atoms with Crippen LogP contribution < -0.4 is 4.89 Å². The quantitative estimate of drug-likeness (QED) is 0.0122. The molecule has 141 heavy (non-hydrogen) atoms. The zero-order chi connectivity index (χ0) is 107. The second-order valence-corrected chi connectivity index (χ2v) is 75.4. The molecule has 838 valence electrons. The predicted octanol–water partition coefficient (Wildman–Crippen LogP) is 27.6. The summed E-state index contributed by atoms with van der Waals surface area (Å²) in [7, 11) is -9.77. The van der Waals surface area contributed by atoms with Gasteiger partial charge >= 0.3 is 0 Å². The molecule has 8 N–H and O–H groups in total. The van der Waals surface area contributed by atoms with Crippen LogP contribution in [0.3, 0.4) is 0 Å².